The van der Waals surface area contributed by atoms with E-state index in [9.17, 15) is 14.7 Å². The number of aryl methyl sites for hydroxylation is 1. The summed E-state index contributed by atoms with van der Waals surface area (Å²) in [5, 5.41) is 12.3. The van der Waals surface area contributed by atoms with E-state index >= 15 is 0 Å². The molecule has 0 radical (unpaired) electrons. The van der Waals surface area contributed by atoms with E-state index in [0.29, 0.717) is 5.69 Å². The number of carboxylic acids is 1. The molecule has 0 bridgehead atoms. The molecule has 0 aliphatic heterocycles. The van der Waals surface area contributed by atoms with Gasteiger partial charge in [-0.3, -0.25) is 9.78 Å². The highest BCUT2D eigenvalue weighted by atomic mass is 35.5. The molecule has 114 valence electrons. The van der Waals surface area contributed by atoms with E-state index in [-0.39, 0.29) is 16.5 Å². The van der Waals surface area contributed by atoms with E-state index < -0.39 is 17.9 Å². The second-order valence-electron chi connectivity index (χ2n) is 5.49. The number of carbonyl (C=O) groups is 2. The molecule has 2 N–H and O–H groups in total. The van der Waals surface area contributed by atoms with Crippen molar-refractivity contribution in [2.24, 2.45) is 5.92 Å². The Morgan fingerprint density at radius 3 is 2.62 bits per heavy atom. The van der Waals surface area contributed by atoms with Crippen LogP contribution in [-0.4, -0.2) is 28.0 Å². The molecule has 1 atom stereocenters. The van der Waals surface area contributed by atoms with E-state index in [2.05, 4.69) is 10.3 Å². The fraction of sp³-hybridized carbons (Fsp3) is 0.533. The summed E-state index contributed by atoms with van der Waals surface area (Å²) in [5.74, 6) is -1.49. The summed E-state index contributed by atoms with van der Waals surface area (Å²) in [4.78, 5) is 27.7. The first kappa shape index (κ1) is 15.8. The third kappa shape index (κ3) is 3.94. The highest BCUT2D eigenvalue weighted by Crippen LogP contribution is 2.27. The van der Waals surface area contributed by atoms with Crippen molar-refractivity contribution in [3.63, 3.8) is 0 Å². The number of nitrogens with zero attached hydrogens (tertiary/aromatic N) is 1. The van der Waals surface area contributed by atoms with Gasteiger partial charge in [0.1, 0.15) is 6.04 Å². The SMILES string of the molecule is Cc1cc(Cl)c(C(=O)NC(C(=O)O)C2CCCCC2)cn1. The number of rotatable bonds is 4. The van der Waals surface area contributed by atoms with Crippen LogP contribution in [0.15, 0.2) is 12.3 Å². The van der Waals surface area contributed by atoms with Crippen molar-refractivity contribution in [1.29, 1.82) is 0 Å². The molecule has 1 unspecified atom stereocenters. The monoisotopic (exact) mass is 310 g/mol. The molecule has 5 nitrogen and oxygen atoms in total. The standard InChI is InChI=1S/C15H19ClN2O3/c1-9-7-12(16)11(8-17-9)14(19)18-13(15(20)21)10-5-3-2-4-6-10/h7-8,10,13H,2-6H2,1H3,(H,18,19)(H,20,21). The van der Waals surface area contributed by atoms with Crippen LogP contribution in [0, 0.1) is 12.8 Å². The van der Waals surface area contributed by atoms with Gasteiger partial charge in [0.05, 0.1) is 10.6 Å². The predicted octanol–water partition coefficient (Wildman–Crippen LogP) is 2.81. The molecule has 1 fully saturated rings. The fourth-order valence-corrected chi connectivity index (χ4v) is 3.05. The van der Waals surface area contributed by atoms with Gasteiger partial charge in [0.25, 0.3) is 5.91 Å². The molecule has 1 saturated carbocycles. The van der Waals surface area contributed by atoms with Gasteiger partial charge in [-0.25, -0.2) is 4.79 Å². The Balaban J connectivity index is 2.12. The second-order valence-corrected chi connectivity index (χ2v) is 5.90. The van der Waals surface area contributed by atoms with E-state index in [1.807, 2.05) is 0 Å². The van der Waals surface area contributed by atoms with E-state index in [4.69, 9.17) is 11.6 Å². The van der Waals surface area contributed by atoms with E-state index in [1.54, 1.807) is 13.0 Å². The van der Waals surface area contributed by atoms with Crippen LogP contribution in [0.4, 0.5) is 0 Å². The first-order valence-electron chi connectivity index (χ1n) is 7.15. The zero-order valence-electron chi connectivity index (χ0n) is 11.9. The summed E-state index contributed by atoms with van der Waals surface area (Å²) in [7, 11) is 0. The average Bonchev–Trinajstić information content (AvgIpc) is 2.45. The fourth-order valence-electron chi connectivity index (χ4n) is 2.76. The molecule has 1 amide bonds. The minimum absolute atomic E-state index is 0.0163. The number of nitrogens with one attached hydrogen (secondary N) is 1. The number of aliphatic carboxylic acids is 1. The van der Waals surface area contributed by atoms with Gasteiger partial charge in [-0.1, -0.05) is 30.9 Å². The van der Waals surface area contributed by atoms with Gasteiger partial charge in [-0.05, 0) is 31.7 Å². The molecule has 1 heterocycles. The Hall–Kier alpha value is -1.62. The van der Waals surface area contributed by atoms with Gasteiger partial charge in [0, 0.05) is 11.9 Å². The third-order valence-electron chi connectivity index (χ3n) is 3.91. The highest BCUT2D eigenvalue weighted by Gasteiger charge is 2.31. The maximum atomic E-state index is 12.2. The summed E-state index contributed by atoms with van der Waals surface area (Å²) in [6.45, 7) is 1.77. The van der Waals surface area contributed by atoms with E-state index in [0.717, 1.165) is 32.1 Å². The molecule has 1 aliphatic carbocycles. The van der Waals surface area contributed by atoms with Crippen LogP contribution in [0.1, 0.15) is 48.2 Å². The lowest BCUT2D eigenvalue weighted by molar-refractivity contribution is -0.141. The number of aromatic nitrogens is 1. The molecule has 0 saturated heterocycles. The zero-order chi connectivity index (χ0) is 15.4. The smallest absolute Gasteiger partial charge is 0.326 e. The van der Waals surface area contributed by atoms with Gasteiger partial charge in [0.15, 0.2) is 0 Å². The second kappa shape index (κ2) is 6.89. The summed E-state index contributed by atoms with van der Waals surface area (Å²) < 4.78 is 0. The number of carboxylic acid groups (broad SMARTS) is 1. The van der Waals surface area contributed by atoms with Gasteiger partial charge < -0.3 is 10.4 Å². The zero-order valence-corrected chi connectivity index (χ0v) is 12.7. The molecule has 6 heteroatoms. The molecular formula is C15H19ClN2O3. The largest absolute Gasteiger partial charge is 0.480 e. The van der Waals surface area contributed by atoms with Crippen LogP contribution in [0.25, 0.3) is 0 Å². The lowest BCUT2D eigenvalue weighted by Gasteiger charge is -2.28. The molecule has 1 aromatic rings. The maximum Gasteiger partial charge on any atom is 0.326 e. The van der Waals surface area contributed by atoms with Crippen LogP contribution in [-0.2, 0) is 4.79 Å². The first-order chi connectivity index (χ1) is 9.99. The first-order valence-corrected chi connectivity index (χ1v) is 7.52. The Kier molecular flexibility index (Phi) is 5.17. The van der Waals surface area contributed by atoms with Crippen molar-refractivity contribution >= 4 is 23.5 Å². The topological polar surface area (TPSA) is 79.3 Å². The Morgan fingerprint density at radius 2 is 2.05 bits per heavy atom. The lowest BCUT2D eigenvalue weighted by atomic mass is 9.84. The van der Waals surface area contributed by atoms with Gasteiger partial charge in [0.2, 0.25) is 0 Å². The summed E-state index contributed by atoms with van der Waals surface area (Å²) in [6, 6.07) is 0.725. The van der Waals surface area contributed by atoms with Gasteiger partial charge >= 0.3 is 5.97 Å². The summed E-state index contributed by atoms with van der Waals surface area (Å²) >= 11 is 6.02. The quantitative estimate of drug-likeness (QED) is 0.896. The van der Waals surface area contributed by atoms with Crippen molar-refractivity contribution < 1.29 is 14.7 Å². The summed E-state index contributed by atoms with van der Waals surface area (Å²) in [5.41, 5.74) is 0.919. The molecule has 0 spiro atoms. The van der Waals surface area contributed by atoms with Crippen molar-refractivity contribution in [3.05, 3.63) is 28.5 Å². The molecular weight excluding hydrogens is 292 g/mol. The van der Waals surface area contributed by atoms with Crippen molar-refractivity contribution in [2.45, 2.75) is 45.1 Å². The predicted molar refractivity (Wildman–Crippen MR) is 79.4 cm³/mol. The molecule has 0 aromatic carbocycles. The molecule has 21 heavy (non-hydrogen) atoms. The molecule has 1 aromatic heterocycles. The number of carbonyl (C=O) groups excluding carboxylic acids is 1. The molecule has 1 aliphatic rings. The third-order valence-corrected chi connectivity index (χ3v) is 4.22. The number of halogens is 1. The van der Waals surface area contributed by atoms with Gasteiger partial charge in [-0.15, -0.1) is 0 Å². The van der Waals surface area contributed by atoms with Crippen LogP contribution >= 0.6 is 11.6 Å². The van der Waals surface area contributed by atoms with Crippen LogP contribution < -0.4 is 5.32 Å². The number of hydrogen-bond donors (Lipinski definition) is 2. The molecule has 2 rings (SSSR count). The number of amides is 1. The van der Waals surface area contributed by atoms with Crippen molar-refractivity contribution in [2.75, 3.05) is 0 Å². The minimum Gasteiger partial charge on any atom is -0.480 e. The van der Waals surface area contributed by atoms with Crippen molar-refractivity contribution in [1.82, 2.24) is 10.3 Å². The lowest BCUT2D eigenvalue weighted by Crippen LogP contribution is -2.46. The van der Waals surface area contributed by atoms with Crippen LogP contribution in [0.3, 0.4) is 0 Å². The Bertz CT molecular complexity index is 542. The maximum absolute atomic E-state index is 12.2. The Labute approximate surface area is 128 Å². The van der Waals surface area contributed by atoms with Crippen LogP contribution in [0.2, 0.25) is 5.02 Å². The number of hydrogen-bond acceptors (Lipinski definition) is 3. The van der Waals surface area contributed by atoms with Crippen LogP contribution in [0.5, 0.6) is 0 Å². The summed E-state index contributed by atoms with van der Waals surface area (Å²) in [6.07, 6.45) is 6.19. The number of pyridine rings is 1. The highest BCUT2D eigenvalue weighted by molar-refractivity contribution is 6.33. The minimum atomic E-state index is -0.994. The van der Waals surface area contributed by atoms with Crippen molar-refractivity contribution in [3.8, 4) is 0 Å². The average molecular weight is 311 g/mol. The normalized spacial score (nSPS) is 17.2. The Morgan fingerprint density at radius 1 is 1.38 bits per heavy atom. The van der Waals surface area contributed by atoms with E-state index in [1.165, 1.54) is 6.20 Å². The van der Waals surface area contributed by atoms with Gasteiger partial charge in [-0.2, -0.15) is 0 Å².